The van der Waals surface area contributed by atoms with Crippen molar-refractivity contribution in [3.63, 3.8) is 0 Å². The zero-order valence-electron chi connectivity index (χ0n) is 11.7. The normalized spacial score (nSPS) is 11.4. The predicted octanol–water partition coefficient (Wildman–Crippen LogP) is 2.87. The standard InChI is InChI=1S/C15H23BrN2O/c1-15(2,10-17)11-18-14(19)8-4-6-12-5-3-7-13(16)9-12/h3,5,7,9H,4,6,8,10-11,17H2,1-2H3,(H,18,19). The van der Waals surface area contributed by atoms with Gasteiger partial charge in [-0.1, -0.05) is 41.9 Å². The van der Waals surface area contributed by atoms with E-state index in [0.29, 0.717) is 19.5 Å². The van der Waals surface area contributed by atoms with Gasteiger partial charge in [0.2, 0.25) is 5.91 Å². The molecule has 1 amide bonds. The van der Waals surface area contributed by atoms with Crippen molar-refractivity contribution in [3.8, 4) is 0 Å². The van der Waals surface area contributed by atoms with Gasteiger partial charge in [-0.2, -0.15) is 0 Å². The first-order chi connectivity index (χ1) is 8.93. The number of hydrogen-bond donors (Lipinski definition) is 2. The molecule has 0 fully saturated rings. The number of hydrogen-bond acceptors (Lipinski definition) is 2. The Morgan fingerprint density at radius 1 is 1.42 bits per heavy atom. The molecule has 0 atom stereocenters. The van der Waals surface area contributed by atoms with Gasteiger partial charge in [-0.3, -0.25) is 4.79 Å². The molecule has 106 valence electrons. The van der Waals surface area contributed by atoms with Crippen LogP contribution in [0.1, 0.15) is 32.3 Å². The van der Waals surface area contributed by atoms with E-state index in [2.05, 4.69) is 47.2 Å². The summed E-state index contributed by atoms with van der Waals surface area (Å²) >= 11 is 3.45. The number of nitrogens with two attached hydrogens (primary N) is 1. The van der Waals surface area contributed by atoms with Crippen molar-refractivity contribution in [1.82, 2.24) is 5.32 Å². The van der Waals surface area contributed by atoms with Crippen LogP contribution >= 0.6 is 15.9 Å². The second-order valence-electron chi connectivity index (χ2n) is 5.63. The molecular weight excluding hydrogens is 304 g/mol. The zero-order chi connectivity index (χ0) is 14.3. The van der Waals surface area contributed by atoms with E-state index in [9.17, 15) is 4.79 Å². The largest absolute Gasteiger partial charge is 0.356 e. The minimum Gasteiger partial charge on any atom is -0.356 e. The fourth-order valence-corrected chi connectivity index (χ4v) is 2.09. The monoisotopic (exact) mass is 326 g/mol. The number of carbonyl (C=O) groups is 1. The average Bonchev–Trinajstić information content (AvgIpc) is 2.37. The lowest BCUT2D eigenvalue weighted by Crippen LogP contribution is -2.38. The van der Waals surface area contributed by atoms with Crippen LogP contribution in [0.25, 0.3) is 0 Å². The molecule has 0 saturated carbocycles. The van der Waals surface area contributed by atoms with Crippen LogP contribution in [-0.2, 0) is 11.2 Å². The van der Waals surface area contributed by atoms with Gasteiger partial charge in [0.25, 0.3) is 0 Å². The van der Waals surface area contributed by atoms with Crippen LogP contribution in [0.4, 0.5) is 0 Å². The Hall–Kier alpha value is -0.870. The van der Waals surface area contributed by atoms with Gasteiger partial charge in [-0.25, -0.2) is 0 Å². The highest BCUT2D eigenvalue weighted by Gasteiger charge is 2.16. The van der Waals surface area contributed by atoms with E-state index in [1.54, 1.807) is 0 Å². The van der Waals surface area contributed by atoms with E-state index >= 15 is 0 Å². The van der Waals surface area contributed by atoms with E-state index in [0.717, 1.165) is 17.3 Å². The van der Waals surface area contributed by atoms with Gasteiger partial charge in [0, 0.05) is 17.4 Å². The maximum Gasteiger partial charge on any atom is 0.220 e. The predicted molar refractivity (Wildman–Crippen MR) is 82.9 cm³/mol. The lowest BCUT2D eigenvalue weighted by Gasteiger charge is -2.22. The molecule has 0 heterocycles. The molecule has 3 N–H and O–H groups in total. The number of amides is 1. The maximum atomic E-state index is 11.7. The number of benzene rings is 1. The Balaban J connectivity index is 2.24. The Kier molecular flexibility index (Phi) is 6.52. The van der Waals surface area contributed by atoms with E-state index < -0.39 is 0 Å². The van der Waals surface area contributed by atoms with Crippen LogP contribution in [0.5, 0.6) is 0 Å². The maximum absolute atomic E-state index is 11.7. The number of carbonyl (C=O) groups excluding carboxylic acids is 1. The van der Waals surface area contributed by atoms with Crippen molar-refractivity contribution in [3.05, 3.63) is 34.3 Å². The van der Waals surface area contributed by atoms with Gasteiger partial charge in [-0.05, 0) is 42.5 Å². The number of halogens is 1. The van der Waals surface area contributed by atoms with Crippen LogP contribution < -0.4 is 11.1 Å². The summed E-state index contributed by atoms with van der Waals surface area (Å²) in [6.07, 6.45) is 2.35. The molecule has 1 aromatic rings. The van der Waals surface area contributed by atoms with Gasteiger partial charge in [-0.15, -0.1) is 0 Å². The quantitative estimate of drug-likeness (QED) is 0.809. The molecule has 0 aromatic heterocycles. The number of rotatable bonds is 7. The molecule has 0 radical (unpaired) electrons. The fourth-order valence-electron chi connectivity index (χ4n) is 1.64. The van der Waals surface area contributed by atoms with E-state index in [-0.39, 0.29) is 11.3 Å². The molecular formula is C15H23BrN2O. The zero-order valence-corrected chi connectivity index (χ0v) is 13.3. The first-order valence-electron chi connectivity index (χ1n) is 6.64. The van der Waals surface area contributed by atoms with E-state index in [4.69, 9.17) is 5.73 Å². The molecule has 19 heavy (non-hydrogen) atoms. The summed E-state index contributed by atoms with van der Waals surface area (Å²) in [5.41, 5.74) is 6.85. The molecule has 1 aromatic carbocycles. The topological polar surface area (TPSA) is 55.1 Å². The van der Waals surface area contributed by atoms with Gasteiger partial charge < -0.3 is 11.1 Å². The van der Waals surface area contributed by atoms with Crippen molar-refractivity contribution < 1.29 is 4.79 Å². The Morgan fingerprint density at radius 3 is 2.79 bits per heavy atom. The smallest absolute Gasteiger partial charge is 0.220 e. The van der Waals surface area contributed by atoms with Gasteiger partial charge in [0.05, 0.1) is 0 Å². The number of nitrogens with one attached hydrogen (secondary N) is 1. The van der Waals surface area contributed by atoms with Gasteiger partial charge in [0.15, 0.2) is 0 Å². The van der Waals surface area contributed by atoms with Crippen molar-refractivity contribution >= 4 is 21.8 Å². The summed E-state index contributed by atoms with van der Waals surface area (Å²) in [5.74, 6) is 0.108. The molecule has 0 spiro atoms. The molecule has 0 aliphatic carbocycles. The summed E-state index contributed by atoms with van der Waals surface area (Å²) < 4.78 is 1.08. The molecule has 0 aliphatic heterocycles. The van der Waals surface area contributed by atoms with E-state index in [1.165, 1.54) is 5.56 Å². The minimum absolute atomic E-state index is 0.0278. The minimum atomic E-state index is -0.0278. The summed E-state index contributed by atoms with van der Waals surface area (Å²) in [5, 5.41) is 2.94. The second-order valence-corrected chi connectivity index (χ2v) is 6.54. The summed E-state index contributed by atoms with van der Waals surface area (Å²) in [6, 6.07) is 8.20. The first-order valence-corrected chi connectivity index (χ1v) is 7.43. The third-order valence-electron chi connectivity index (χ3n) is 3.08. The van der Waals surface area contributed by atoms with Crippen molar-refractivity contribution in [2.45, 2.75) is 33.1 Å². The van der Waals surface area contributed by atoms with Gasteiger partial charge in [0.1, 0.15) is 0 Å². The lowest BCUT2D eigenvalue weighted by molar-refractivity contribution is -0.121. The highest BCUT2D eigenvalue weighted by atomic mass is 79.9. The van der Waals surface area contributed by atoms with Gasteiger partial charge >= 0.3 is 0 Å². The first kappa shape index (κ1) is 16.2. The van der Waals surface area contributed by atoms with Crippen molar-refractivity contribution in [1.29, 1.82) is 0 Å². The molecule has 4 heteroatoms. The molecule has 3 nitrogen and oxygen atoms in total. The average molecular weight is 327 g/mol. The van der Waals surface area contributed by atoms with Crippen molar-refractivity contribution in [2.24, 2.45) is 11.1 Å². The highest BCUT2D eigenvalue weighted by Crippen LogP contribution is 2.14. The van der Waals surface area contributed by atoms with Crippen LogP contribution in [0.3, 0.4) is 0 Å². The lowest BCUT2D eigenvalue weighted by atomic mass is 9.94. The molecule has 1 rings (SSSR count). The molecule has 0 saturated heterocycles. The van der Waals surface area contributed by atoms with Crippen molar-refractivity contribution in [2.75, 3.05) is 13.1 Å². The van der Waals surface area contributed by atoms with Crippen LogP contribution in [-0.4, -0.2) is 19.0 Å². The summed E-state index contributed by atoms with van der Waals surface area (Å²) in [7, 11) is 0. The summed E-state index contributed by atoms with van der Waals surface area (Å²) in [4.78, 5) is 11.7. The van der Waals surface area contributed by atoms with Crippen LogP contribution in [0, 0.1) is 5.41 Å². The van der Waals surface area contributed by atoms with Crippen LogP contribution in [0.15, 0.2) is 28.7 Å². The SMILES string of the molecule is CC(C)(CN)CNC(=O)CCCc1cccc(Br)c1. The molecule has 0 aliphatic rings. The molecule has 0 bridgehead atoms. The summed E-state index contributed by atoms with van der Waals surface area (Å²) in [6.45, 7) is 5.31. The number of aryl methyl sites for hydroxylation is 1. The Bertz CT molecular complexity index is 418. The third-order valence-corrected chi connectivity index (χ3v) is 3.57. The van der Waals surface area contributed by atoms with Crippen LogP contribution in [0.2, 0.25) is 0 Å². The second kappa shape index (κ2) is 7.65. The Morgan fingerprint density at radius 2 is 2.16 bits per heavy atom. The fraction of sp³-hybridized carbons (Fsp3) is 0.533. The Labute approximate surface area is 124 Å². The highest BCUT2D eigenvalue weighted by molar-refractivity contribution is 9.10. The van der Waals surface area contributed by atoms with E-state index in [1.807, 2.05) is 12.1 Å². The molecule has 0 unspecified atom stereocenters. The third kappa shape index (κ3) is 6.73.